The van der Waals surface area contributed by atoms with Crippen LogP contribution in [0.3, 0.4) is 0 Å². The van der Waals surface area contributed by atoms with Crippen molar-refractivity contribution in [1.82, 2.24) is 4.90 Å². The summed E-state index contributed by atoms with van der Waals surface area (Å²) in [6.07, 6.45) is 2.44. The van der Waals surface area contributed by atoms with Gasteiger partial charge in [0.1, 0.15) is 6.67 Å². The zero-order valence-corrected chi connectivity index (χ0v) is 7.94. The molecule has 0 saturated carbocycles. The van der Waals surface area contributed by atoms with E-state index < -0.39 is 0 Å². The summed E-state index contributed by atoms with van der Waals surface area (Å²) in [5, 5.41) is 0. The van der Waals surface area contributed by atoms with Crippen LogP contribution in [-0.4, -0.2) is 31.7 Å². The van der Waals surface area contributed by atoms with Gasteiger partial charge in [-0.1, -0.05) is 13.8 Å². The molecule has 0 aromatic carbocycles. The van der Waals surface area contributed by atoms with Crippen molar-refractivity contribution in [3.8, 4) is 0 Å². The Bertz CT molecular complexity index is 83.6. The van der Waals surface area contributed by atoms with Crippen molar-refractivity contribution in [2.75, 3.05) is 26.8 Å². The Morgan fingerprint density at radius 3 is 2.36 bits per heavy atom. The van der Waals surface area contributed by atoms with Crippen LogP contribution in [0.25, 0.3) is 0 Å². The third kappa shape index (κ3) is 7.79. The number of alkyl halides is 1. The van der Waals surface area contributed by atoms with Crippen LogP contribution < -0.4 is 0 Å². The van der Waals surface area contributed by atoms with Gasteiger partial charge in [-0.3, -0.25) is 0 Å². The van der Waals surface area contributed by atoms with E-state index in [-0.39, 0.29) is 6.67 Å². The molecule has 0 amide bonds. The number of rotatable bonds is 6. The van der Waals surface area contributed by atoms with Crippen molar-refractivity contribution in [1.29, 1.82) is 0 Å². The van der Waals surface area contributed by atoms with Crippen molar-refractivity contribution in [3.05, 3.63) is 0 Å². The summed E-state index contributed by atoms with van der Waals surface area (Å²) in [5.74, 6) is 0.772. The fourth-order valence-corrected chi connectivity index (χ4v) is 1.03. The Hall–Kier alpha value is -0.110. The maximum atomic E-state index is 11.8. The fourth-order valence-electron chi connectivity index (χ4n) is 1.03. The first-order valence-electron chi connectivity index (χ1n) is 4.41. The molecule has 0 rings (SSSR count). The maximum Gasteiger partial charge on any atom is 0.102 e. The molecule has 0 N–H and O–H groups in total. The summed E-state index contributed by atoms with van der Waals surface area (Å²) in [5.41, 5.74) is 0. The van der Waals surface area contributed by atoms with Gasteiger partial charge in [-0.25, -0.2) is 4.39 Å². The minimum Gasteiger partial charge on any atom is -0.304 e. The average Bonchev–Trinajstić information content (AvgIpc) is 1.87. The molecule has 0 aromatic rings. The van der Waals surface area contributed by atoms with Crippen LogP contribution in [0, 0.1) is 5.92 Å². The summed E-state index contributed by atoms with van der Waals surface area (Å²) in [6.45, 7) is 5.82. The first-order chi connectivity index (χ1) is 5.16. The van der Waals surface area contributed by atoms with Gasteiger partial charge in [0.25, 0.3) is 0 Å². The minimum absolute atomic E-state index is 0.224. The molecular formula is C9H20FN. The first kappa shape index (κ1) is 10.9. The first-order valence-corrected chi connectivity index (χ1v) is 4.41. The topological polar surface area (TPSA) is 3.24 Å². The summed E-state index contributed by atoms with van der Waals surface area (Å²) in [4.78, 5) is 2.04. The van der Waals surface area contributed by atoms with E-state index in [1.54, 1.807) is 0 Å². The number of halogens is 1. The third-order valence-corrected chi connectivity index (χ3v) is 1.79. The van der Waals surface area contributed by atoms with E-state index in [1.165, 1.54) is 12.8 Å². The molecule has 0 atom stereocenters. The molecule has 0 bridgehead atoms. The fraction of sp³-hybridized carbons (Fsp3) is 1.00. The number of hydrogen-bond acceptors (Lipinski definition) is 1. The quantitative estimate of drug-likeness (QED) is 0.578. The lowest BCUT2D eigenvalue weighted by molar-refractivity contribution is 0.285. The molecule has 0 fully saturated rings. The van der Waals surface area contributed by atoms with Gasteiger partial charge in [-0.05, 0) is 32.4 Å². The smallest absolute Gasteiger partial charge is 0.102 e. The van der Waals surface area contributed by atoms with E-state index in [1.807, 2.05) is 11.9 Å². The van der Waals surface area contributed by atoms with E-state index in [0.717, 1.165) is 12.5 Å². The minimum atomic E-state index is -0.224. The van der Waals surface area contributed by atoms with Crippen molar-refractivity contribution in [3.63, 3.8) is 0 Å². The second kappa shape index (κ2) is 6.59. The van der Waals surface area contributed by atoms with Gasteiger partial charge in [0.05, 0.1) is 0 Å². The van der Waals surface area contributed by atoms with Crippen LogP contribution in [0.15, 0.2) is 0 Å². The van der Waals surface area contributed by atoms with Crippen molar-refractivity contribution < 1.29 is 4.39 Å². The van der Waals surface area contributed by atoms with Gasteiger partial charge in [0.2, 0.25) is 0 Å². The van der Waals surface area contributed by atoms with Gasteiger partial charge >= 0.3 is 0 Å². The second-order valence-electron chi connectivity index (χ2n) is 3.53. The standard InChI is InChI=1S/C9H20FN/c1-9(2)5-4-7-11(3)8-6-10/h9H,4-8H2,1-3H3. The maximum absolute atomic E-state index is 11.8. The van der Waals surface area contributed by atoms with Gasteiger partial charge < -0.3 is 4.90 Å². The highest BCUT2D eigenvalue weighted by Gasteiger charge is 1.98. The normalized spacial score (nSPS) is 11.5. The van der Waals surface area contributed by atoms with E-state index in [9.17, 15) is 4.39 Å². The molecule has 0 saturated heterocycles. The van der Waals surface area contributed by atoms with Crippen LogP contribution in [0.2, 0.25) is 0 Å². The Morgan fingerprint density at radius 1 is 1.27 bits per heavy atom. The summed E-state index contributed by atoms with van der Waals surface area (Å²) in [7, 11) is 1.97. The second-order valence-corrected chi connectivity index (χ2v) is 3.53. The number of hydrogen-bond donors (Lipinski definition) is 0. The largest absolute Gasteiger partial charge is 0.304 e. The average molecular weight is 161 g/mol. The molecule has 0 aliphatic rings. The SMILES string of the molecule is CC(C)CCCN(C)CCF. The van der Waals surface area contributed by atoms with Crippen molar-refractivity contribution >= 4 is 0 Å². The number of nitrogens with zero attached hydrogens (tertiary/aromatic N) is 1. The van der Waals surface area contributed by atoms with Crippen LogP contribution in [0.1, 0.15) is 26.7 Å². The van der Waals surface area contributed by atoms with Crippen molar-refractivity contribution in [2.45, 2.75) is 26.7 Å². The van der Waals surface area contributed by atoms with E-state index in [4.69, 9.17) is 0 Å². The highest BCUT2D eigenvalue weighted by molar-refractivity contribution is 4.52. The molecule has 0 aliphatic heterocycles. The van der Waals surface area contributed by atoms with Crippen LogP contribution in [-0.2, 0) is 0 Å². The van der Waals surface area contributed by atoms with Gasteiger partial charge in [-0.15, -0.1) is 0 Å². The van der Waals surface area contributed by atoms with Crippen LogP contribution in [0.5, 0.6) is 0 Å². The summed E-state index contributed by atoms with van der Waals surface area (Å²) >= 11 is 0. The lowest BCUT2D eigenvalue weighted by Gasteiger charge is -2.14. The van der Waals surface area contributed by atoms with Gasteiger partial charge in [-0.2, -0.15) is 0 Å². The molecule has 0 aromatic heterocycles. The van der Waals surface area contributed by atoms with Gasteiger partial charge in [0.15, 0.2) is 0 Å². The summed E-state index contributed by atoms with van der Waals surface area (Å²) < 4.78 is 11.8. The zero-order chi connectivity index (χ0) is 8.69. The molecule has 0 unspecified atom stereocenters. The molecule has 0 aliphatic carbocycles. The Kier molecular flexibility index (Phi) is 6.52. The third-order valence-electron chi connectivity index (χ3n) is 1.79. The zero-order valence-electron chi connectivity index (χ0n) is 7.94. The highest BCUT2D eigenvalue weighted by atomic mass is 19.1. The van der Waals surface area contributed by atoms with Crippen LogP contribution in [0.4, 0.5) is 4.39 Å². The predicted octanol–water partition coefficient (Wildman–Crippen LogP) is 2.32. The predicted molar refractivity (Wildman–Crippen MR) is 47.5 cm³/mol. The van der Waals surface area contributed by atoms with E-state index in [2.05, 4.69) is 13.8 Å². The van der Waals surface area contributed by atoms with Gasteiger partial charge in [0, 0.05) is 6.54 Å². The molecule has 0 spiro atoms. The van der Waals surface area contributed by atoms with E-state index in [0.29, 0.717) is 6.54 Å². The Balaban J connectivity index is 3.10. The molecule has 1 nitrogen and oxygen atoms in total. The molecule has 2 heteroatoms. The lowest BCUT2D eigenvalue weighted by atomic mass is 10.1. The Labute approximate surface area is 69.6 Å². The molecule has 68 valence electrons. The molecule has 0 radical (unpaired) electrons. The lowest BCUT2D eigenvalue weighted by Crippen LogP contribution is -2.22. The van der Waals surface area contributed by atoms with Crippen molar-refractivity contribution in [2.24, 2.45) is 5.92 Å². The molecule has 11 heavy (non-hydrogen) atoms. The monoisotopic (exact) mass is 161 g/mol. The molecular weight excluding hydrogens is 141 g/mol. The summed E-state index contributed by atoms with van der Waals surface area (Å²) in [6, 6.07) is 0. The van der Waals surface area contributed by atoms with E-state index >= 15 is 0 Å². The highest BCUT2D eigenvalue weighted by Crippen LogP contribution is 2.03. The van der Waals surface area contributed by atoms with Crippen LogP contribution >= 0.6 is 0 Å². The Morgan fingerprint density at radius 2 is 1.91 bits per heavy atom. The molecule has 0 heterocycles.